The molecule has 0 saturated heterocycles. The minimum Gasteiger partial charge on any atom is -0.387 e. The molecule has 160 valence electrons. The fourth-order valence-corrected chi connectivity index (χ4v) is 3.58. The number of hydrogen-bond donors (Lipinski definition) is 3. The molecule has 1 heterocycles. The van der Waals surface area contributed by atoms with Crippen molar-refractivity contribution in [2.75, 3.05) is 6.54 Å². The molecule has 3 N–H and O–H groups in total. The predicted molar refractivity (Wildman–Crippen MR) is 117 cm³/mol. The molecular weight excluding hydrogens is 418 g/mol. The molecule has 9 heteroatoms. The van der Waals surface area contributed by atoms with Gasteiger partial charge in [0, 0.05) is 25.1 Å². The van der Waals surface area contributed by atoms with E-state index in [1.165, 1.54) is 35.6 Å². The zero-order valence-electron chi connectivity index (χ0n) is 16.4. The highest BCUT2D eigenvalue weighted by atomic mass is 32.1. The Bertz CT molecular complexity index is 1020. The van der Waals surface area contributed by atoms with E-state index in [1.54, 1.807) is 17.5 Å². The van der Waals surface area contributed by atoms with Crippen molar-refractivity contribution < 1.29 is 19.6 Å². The van der Waals surface area contributed by atoms with Crippen LogP contribution in [0.3, 0.4) is 0 Å². The minimum atomic E-state index is -1.05. The first kappa shape index (κ1) is 22.1. The van der Waals surface area contributed by atoms with E-state index in [-0.39, 0.29) is 24.6 Å². The van der Waals surface area contributed by atoms with Crippen molar-refractivity contribution in [3.63, 3.8) is 0 Å². The smallest absolute Gasteiger partial charge is 0.269 e. The summed E-state index contributed by atoms with van der Waals surface area (Å²) in [6.07, 6.45) is -0.757. The second kappa shape index (κ2) is 10.5. The molecule has 0 unspecified atom stereocenters. The Balaban J connectivity index is 1.65. The lowest BCUT2D eigenvalue weighted by Gasteiger charge is -2.20. The number of aliphatic hydroxyl groups excluding tert-OH is 1. The van der Waals surface area contributed by atoms with Crippen LogP contribution < -0.4 is 10.6 Å². The van der Waals surface area contributed by atoms with Crippen molar-refractivity contribution in [3.05, 3.63) is 98.2 Å². The summed E-state index contributed by atoms with van der Waals surface area (Å²) in [4.78, 5) is 36.0. The number of nitrogens with zero attached hydrogens (tertiary/aromatic N) is 1. The van der Waals surface area contributed by atoms with Crippen LogP contribution in [0.25, 0.3) is 0 Å². The van der Waals surface area contributed by atoms with Gasteiger partial charge in [-0.2, -0.15) is 0 Å². The van der Waals surface area contributed by atoms with Crippen LogP contribution >= 0.6 is 11.3 Å². The van der Waals surface area contributed by atoms with Crippen molar-refractivity contribution >= 4 is 28.8 Å². The highest BCUT2D eigenvalue weighted by Crippen LogP contribution is 2.17. The molecule has 0 saturated carbocycles. The number of amides is 2. The second-order valence-electron chi connectivity index (χ2n) is 6.80. The van der Waals surface area contributed by atoms with Gasteiger partial charge < -0.3 is 15.7 Å². The Kier molecular flexibility index (Phi) is 7.47. The van der Waals surface area contributed by atoms with E-state index < -0.39 is 23.0 Å². The van der Waals surface area contributed by atoms with E-state index in [0.717, 1.165) is 5.56 Å². The molecule has 2 aromatic carbocycles. The zero-order valence-corrected chi connectivity index (χ0v) is 17.2. The van der Waals surface area contributed by atoms with Crippen molar-refractivity contribution in [2.24, 2.45) is 0 Å². The first-order valence-corrected chi connectivity index (χ1v) is 10.4. The van der Waals surface area contributed by atoms with E-state index in [0.29, 0.717) is 10.4 Å². The predicted octanol–water partition coefficient (Wildman–Crippen LogP) is 2.85. The second-order valence-corrected chi connectivity index (χ2v) is 7.75. The number of rotatable bonds is 9. The highest BCUT2D eigenvalue weighted by molar-refractivity contribution is 7.12. The third-order valence-electron chi connectivity index (χ3n) is 4.61. The van der Waals surface area contributed by atoms with E-state index in [2.05, 4.69) is 10.6 Å². The third kappa shape index (κ3) is 6.21. The molecule has 1 aromatic heterocycles. The summed E-state index contributed by atoms with van der Waals surface area (Å²) < 4.78 is 0. The molecule has 0 aliphatic heterocycles. The summed E-state index contributed by atoms with van der Waals surface area (Å²) in [5.74, 6) is -0.781. The lowest BCUT2D eigenvalue weighted by Crippen LogP contribution is -2.48. The molecule has 31 heavy (non-hydrogen) atoms. The van der Waals surface area contributed by atoms with E-state index in [1.807, 2.05) is 30.3 Å². The summed E-state index contributed by atoms with van der Waals surface area (Å²) in [7, 11) is 0. The van der Waals surface area contributed by atoms with Gasteiger partial charge >= 0.3 is 0 Å². The molecule has 0 aliphatic rings. The van der Waals surface area contributed by atoms with Crippen molar-refractivity contribution in [3.8, 4) is 0 Å². The normalized spacial score (nSPS) is 12.5. The van der Waals surface area contributed by atoms with E-state index in [9.17, 15) is 24.8 Å². The molecule has 0 aliphatic carbocycles. The molecule has 0 bridgehead atoms. The maximum absolute atomic E-state index is 12.8. The van der Waals surface area contributed by atoms with Gasteiger partial charge in [-0.15, -0.1) is 11.3 Å². The molecule has 3 aromatic rings. The summed E-state index contributed by atoms with van der Waals surface area (Å²) in [6.45, 7) is -0.100. The number of nitro benzene ring substituents is 1. The summed E-state index contributed by atoms with van der Waals surface area (Å²) in [6, 6.07) is 17.4. The molecule has 0 fully saturated rings. The lowest BCUT2D eigenvalue weighted by molar-refractivity contribution is -0.384. The largest absolute Gasteiger partial charge is 0.387 e. The van der Waals surface area contributed by atoms with Crippen LogP contribution in [0.15, 0.2) is 72.1 Å². The SMILES string of the molecule is O=C(N[C@@H](Cc1ccccc1)C(=O)NC[C@@H](O)c1ccc([N+](=O)[O-])cc1)c1cccs1. The van der Waals surface area contributed by atoms with Crippen molar-refractivity contribution in [1.29, 1.82) is 0 Å². The molecule has 2 atom stereocenters. The number of nitrogens with one attached hydrogen (secondary N) is 2. The Morgan fingerprint density at radius 3 is 2.35 bits per heavy atom. The molecule has 2 amide bonds. The first-order chi connectivity index (χ1) is 14.9. The van der Waals surface area contributed by atoms with Gasteiger partial charge in [-0.25, -0.2) is 0 Å². The van der Waals surface area contributed by atoms with Crippen LogP contribution in [0.5, 0.6) is 0 Å². The number of carbonyl (C=O) groups is 2. The third-order valence-corrected chi connectivity index (χ3v) is 5.48. The average Bonchev–Trinajstić information content (AvgIpc) is 3.32. The van der Waals surface area contributed by atoms with Crippen LogP contribution in [0.1, 0.15) is 26.9 Å². The van der Waals surface area contributed by atoms with Crippen LogP contribution in [-0.2, 0) is 11.2 Å². The Morgan fingerprint density at radius 1 is 1.03 bits per heavy atom. The number of carbonyl (C=O) groups excluding carboxylic acids is 2. The monoisotopic (exact) mass is 439 g/mol. The van der Waals surface area contributed by atoms with Gasteiger partial charge in [0.1, 0.15) is 6.04 Å². The number of thiophene rings is 1. The van der Waals surface area contributed by atoms with Crippen LogP contribution in [0.2, 0.25) is 0 Å². The average molecular weight is 439 g/mol. The van der Waals surface area contributed by atoms with Gasteiger partial charge in [-0.05, 0) is 34.7 Å². The first-order valence-electron chi connectivity index (χ1n) is 9.52. The number of non-ortho nitro benzene ring substituents is 1. The van der Waals surface area contributed by atoms with Gasteiger partial charge in [0.2, 0.25) is 5.91 Å². The zero-order chi connectivity index (χ0) is 22.2. The fraction of sp³-hybridized carbons (Fsp3) is 0.182. The Hall–Kier alpha value is -3.56. The molecule has 0 radical (unpaired) electrons. The van der Waals surface area contributed by atoms with Gasteiger partial charge in [-0.3, -0.25) is 19.7 Å². The number of nitro groups is 1. The Morgan fingerprint density at radius 2 is 1.74 bits per heavy atom. The van der Waals surface area contributed by atoms with Crippen molar-refractivity contribution in [1.82, 2.24) is 10.6 Å². The van der Waals surface area contributed by atoms with Gasteiger partial charge in [0.05, 0.1) is 15.9 Å². The van der Waals surface area contributed by atoms with Crippen LogP contribution in [-0.4, -0.2) is 34.4 Å². The molecule has 3 rings (SSSR count). The van der Waals surface area contributed by atoms with E-state index >= 15 is 0 Å². The number of hydrogen-bond acceptors (Lipinski definition) is 6. The number of benzene rings is 2. The highest BCUT2D eigenvalue weighted by Gasteiger charge is 2.23. The topological polar surface area (TPSA) is 122 Å². The molecule has 8 nitrogen and oxygen atoms in total. The summed E-state index contributed by atoms with van der Waals surface area (Å²) >= 11 is 1.28. The summed E-state index contributed by atoms with van der Waals surface area (Å²) in [5.41, 5.74) is 1.23. The van der Waals surface area contributed by atoms with Crippen LogP contribution in [0.4, 0.5) is 5.69 Å². The molecule has 0 spiro atoms. The molecular formula is C22H21N3O5S. The maximum atomic E-state index is 12.8. The maximum Gasteiger partial charge on any atom is 0.269 e. The van der Waals surface area contributed by atoms with Crippen LogP contribution in [0, 0.1) is 10.1 Å². The summed E-state index contributed by atoms with van der Waals surface area (Å²) in [5, 5.41) is 28.3. The van der Waals surface area contributed by atoms with E-state index in [4.69, 9.17) is 0 Å². The standard InChI is InChI=1S/C22H21N3O5S/c26-19(16-8-10-17(11-9-16)25(29)30)14-23-21(27)18(13-15-5-2-1-3-6-15)24-22(28)20-7-4-12-31-20/h1-12,18-19,26H,13-14H2,(H,23,27)(H,24,28)/t18-,19+/m0/s1. The Labute approximate surface area is 182 Å². The van der Waals surface area contributed by atoms with Gasteiger partial charge in [0.25, 0.3) is 11.6 Å². The number of aliphatic hydroxyl groups is 1. The quantitative estimate of drug-likeness (QED) is 0.350. The van der Waals surface area contributed by atoms with Gasteiger partial charge in [-0.1, -0.05) is 36.4 Å². The minimum absolute atomic E-state index is 0.0841. The fourth-order valence-electron chi connectivity index (χ4n) is 2.95. The lowest BCUT2D eigenvalue weighted by atomic mass is 10.0. The van der Waals surface area contributed by atoms with Gasteiger partial charge in [0.15, 0.2) is 0 Å². The van der Waals surface area contributed by atoms with Crippen molar-refractivity contribution in [2.45, 2.75) is 18.6 Å².